The third-order valence-electron chi connectivity index (χ3n) is 6.22. The molecule has 6 rings (SSSR count). The van der Waals surface area contributed by atoms with Gasteiger partial charge in [0.2, 0.25) is 0 Å². The molecule has 2 aliphatic heterocycles. The van der Waals surface area contributed by atoms with Crippen molar-refractivity contribution in [2.45, 2.75) is 0 Å². The van der Waals surface area contributed by atoms with Gasteiger partial charge in [0.1, 0.15) is 0 Å². The van der Waals surface area contributed by atoms with Gasteiger partial charge in [-0.05, 0) is 42.5 Å². The third-order valence-corrected chi connectivity index (χ3v) is 6.22. The first kappa shape index (κ1) is 22.9. The molecule has 0 saturated heterocycles. The molecule has 1 aromatic heterocycles. The fourth-order valence-corrected chi connectivity index (χ4v) is 4.33. The van der Waals surface area contributed by atoms with E-state index < -0.39 is 0 Å². The molecule has 0 N–H and O–H groups in total. The van der Waals surface area contributed by atoms with E-state index in [-0.39, 0.29) is 23.6 Å². The highest BCUT2D eigenvalue weighted by Crippen LogP contribution is 2.30. The first-order chi connectivity index (χ1) is 18.5. The van der Waals surface area contributed by atoms with Gasteiger partial charge in [0.05, 0.1) is 22.8 Å². The number of rotatable bonds is 5. The van der Waals surface area contributed by atoms with Crippen LogP contribution in [-0.2, 0) is 19.2 Å². The van der Waals surface area contributed by atoms with E-state index in [1.807, 2.05) is 36.4 Å². The van der Waals surface area contributed by atoms with Gasteiger partial charge in [-0.1, -0.05) is 42.5 Å². The quantitative estimate of drug-likeness (QED) is 0.380. The predicted molar refractivity (Wildman–Crippen MR) is 142 cm³/mol. The van der Waals surface area contributed by atoms with Crippen LogP contribution >= 0.6 is 0 Å². The van der Waals surface area contributed by atoms with E-state index in [1.54, 1.807) is 48.5 Å². The molecule has 4 amide bonds. The maximum Gasteiger partial charge on any atom is 0.258 e. The number of carbonyl (C=O) groups excluding carboxylic acids is 4. The van der Waals surface area contributed by atoms with Crippen molar-refractivity contribution in [2.24, 2.45) is 0 Å². The molecule has 0 aliphatic carbocycles. The van der Waals surface area contributed by atoms with Gasteiger partial charge >= 0.3 is 0 Å². The average Bonchev–Trinajstić information content (AvgIpc) is 3.48. The monoisotopic (exact) mass is 498 g/mol. The van der Waals surface area contributed by atoms with Gasteiger partial charge in [0.25, 0.3) is 23.6 Å². The SMILES string of the molecule is O=C1C=CC(=O)N1c1ccc(-c2cc(-c3ccccc3)nc(-c3ccc(N4C(=O)C=CC4=O)cc3)n2)cc1. The molecule has 182 valence electrons. The fraction of sp³-hybridized carbons (Fsp3) is 0. The van der Waals surface area contributed by atoms with Crippen molar-refractivity contribution in [3.8, 4) is 33.9 Å². The smallest absolute Gasteiger partial charge is 0.258 e. The maximum absolute atomic E-state index is 12.0. The van der Waals surface area contributed by atoms with E-state index in [0.29, 0.717) is 34.2 Å². The van der Waals surface area contributed by atoms with E-state index in [1.165, 1.54) is 24.3 Å². The number of imide groups is 2. The Balaban J connectivity index is 1.39. The summed E-state index contributed by atoms with van der Waals surface area (Å²) in [4.78, 5) is 59.9. The average molecular weight is 498 g/mol. The van der Waals surface area contributed by atoms with Crippen molar-refractivity contribution in [1.29, 1.82) is 0 Å². The zero-order chi connectivity index (χ0) is 26.2. The molecule has 0 bridgehead atoms. The van der Waals surface area contributed by atoms with Crippen LogP contribution in [0.2, 0.25) is 0 Å². The fourth-order valence-electron chi connectivity index (χ4n) is 4.33. The highest BCUT2D eigenvalue weighted by atomic mass is 16.2. The summed E-state index contributed by atoms with van der Waals surface area (Å²) in [6.45, 7) is 0. The topological polar surface area (TPSA) is 101 Å². The first-order valence-electron chi connectivity index (χ1n) is 11.8. The molecule has 0 saturated carbocycles. The Hall–Kier alpha value is -5.50. The van der Waals surface area contributed by atoms with Crippen LogP contribution in [0.15, 0.2) is 109 Å². The molecule has 38 heavy (non-hydrogen) atoms. The summed E-state index contributed by atoms with van der Waals surface area (Å²) >= 11 is 0. The lowest BCUT2D eigenvalue weighted by Crippen LogP contribution is -2.29. The van der Waals surface area contributed by atoms with Gasteiger partial charge in [-0.15, -0.1) is 0 Å². The van der Waals surface area contributed by atoms with Crippen LogP contribution in [0, 0.1) is 0 Å². The Morgan fingerprint density at radius 3 is 1.29 bits per heavy atom. The Kier molecular flexibility index (Phi) is 5.54. The van der Waals surface area contributed by atoms with Crippen LogP contribution < -0.4 is 9.80 Å². The maximum atomic E-state index is 12.0. The molecule has 0 radical (unpaired) electrons. The molecular weight excluding hydrogens is 480 g/mol. The third kappa shape index (κ3) is 4.10. The Bertz CT molecular complexity index is 1530. The standard InChI is InChI=1S/C30H18N4O4/c35-26-14-15-27(36)33(26)22-10-6-20(7-11-22)25-18-24(19-4-2-1-3-5-19)31-30(32-25)21-8-12-23(13-9-21)34-28(37)16-17-29(34)38/h1-18H. The van der Waals surface area contributed by atoms with Crippen LogP contribution in [0.4, 0.5) is 11.4 Å². The minimum atomic E-state index is -0.385. The van der Waals surface area contributed by atoms with Crippen molar-refractivity contribution in [3.05, 3.63) is 109 Å². The lowest BCUT2D eigenvalue weighted by Gasteiger charge is -2.15. The number of nitrogens with zero attached hydrogens (tertiary/aromatic N) is 4. The lowest BCUT2D eigenvalue weighted by molar-refractivity contribution is -0.121. The van der Waals surface area contributed by atoms with E-state index in [9.17, 15) is 19.2 Å². The van der Waals surface area contributed by atoms with E-state index >= 15 is 0 Å². The highest BCUT2D eigenvalue weighted by molar-refractivity contribution is 6.28. The molecule has 3 aromatic carbocycles. The molecule has 0 atom stereocenters. The number of anilines is 2. The van der Waals surface area contributed by atoms with Crippen LogP contribution in [0.25, 0.3) is 33.9 Å². The number of hydrogen-bond acceptors (Lipinski definition) is 6. The molecule has 0 fully saturated rings. The van der Waals surface area contributed by atoms with Crippen molar-refractivity contribution in [3.63, 3.8) is 0 Å². The minimum absolute atomic E-state index is 0.380. The van der Waals surface area contributed by atoms with E-state index in [4.69, 9.17) is 9.97 Å². The second-order valence-corrected chi connectivity index (χ2v) is 8.61. The van der Waals surface area contributed by atoms with E-state index in [2.05, 4.69) is 0 Å². The summed E-state index contributed by atoms with van der Waals surface area (Å²) in [6.07, 6.45) is 4.98. The molecular formula is C30H18N4O4. The molecule has 8 nitrogen and oxygen atoms in total. The molecule has 8 heteroatoms. The second kappa shape index (κ2) is 9.18. The summed E-state index contributed by atoms with van der Waals surface area (Å²) in [5, 5.41) is 0. The van der Waals surface area contributed by atoms with Crippen molar-refractivity contribution < 1.29 is 19.2 Å². The number of benzene rings is 3. The number of amides is 4. The zero-order valence-corrected chi connectivity index (χ0v) is 19.8. The van der Waals surface area contributed by atoms with Gasteiger partial charge in [-0.25, -0.2) is 19.8 Å². The molecule has 0 unspecified atom stereocenters. The van der Waals surface area contributed by atoms with Crippen LogP contribution in [0.3, 0.4) is 0 Å². The largest absolute Gasteiger partial charge is 0.269 e. The normalized spacial score (nSPS) is 14.7. The predicted octanol–water partition coefficient (Wildman–Crippen LogP) is 4.34. The second-order valence-electron chi connectivity index (χ2n) is 8.61. The van der Waals surface area contributed by atoms with Crippen molar-refractivity contribution >= 4 is 35.0 Å². The Labute approximate surface area is 217 Å². The van der Waals surface area contributed by atoms with Gasteiger partial charge in [-0.2, -0.15) is 0 Å². The molecule has 4 aromatic rings. The van der Waals surface area contributed by atoms with E-state index in [0.717, 1.165) is 20.9 Å². The van der Waals surface area contributed by atoms with Crippen molar-refractivity contribution in [2.75, 3.05) is 9.80 Å². The van der Waals surface area contributed by atoms with Crippen LogP contribution in [0.5, 0.6) is 0 Å². The first-order valence-corrected chi connectivity index (χ1v) is 11.8. The molecule has 0 spiro atoms. The van der Waals surface area contributed by atoms with Crippen LogP contribution in [0.1, 0.15) is 0 Å². The number of aromatic nitrogens is 2. The van der Waals surface area contributed by atoms with Gasteiger partial charge in [-0.3, -0.25) is 19.2 Å². The zero-order valence-electron chi connectivity index (χ0n) is 19.8. The Morgan fingerprint density at radius 2 is 0.842 bits per heavy atom. The van der Waals surface area contributed by atoms with Gasteiger partial charge < -0.3 is 0 Å². The summed E-state index contributed by atoms with van der Waals surface area (Å²) in [5.74, 6) is -1.07. The summed E-state index contributed by atoms with van der Waals surface area (Å²) < 4.78 is 0. The van der Waals surface area contributed by atoms with Crippen LogP contribution in [-0.4, -0.2) is 33.6 Å². The minimum Gasteiger partial charge on any atom is -0.269 e. The summed E-state index contributed by atoms with van der Waals surface area (Å²) in [6, 6.07) is 25.5. The summed E-state index contributed by atoms with van der Waals surface area (Å²) in [5.41, 5.74) is 4.68. The number of carbonyl (C=O) groups is 4. The summed E-state index contributed by atoms with van der Waals surface area (Å²) in [7, 11) is 0. The van der Waals surface area contributed by atoms with Gasteiger partial charge in [0, 0.05) is 41.0 Å². The number of hydrogen-bond donors (Lipinski definition) is 0. The van der Waals surface area contributed by atoms with Gasteiger partial charge in [0.15, 0.2) is 5.82 Å². The Morgan fingerprint density at radius 1 is 0.447 bits per heavy atom. The van der Waals surface area contributed by atoms with Crippen molar-refractivity contribution in [1.82, 2.24) is 9.97 Å². The molecule has 2 aliphatic rings. The lowest BCUT2D eigenvalue weighted by atomic mass is 10.1. The highest BCUT2D eigenvalue weighted by Gasteiger charge is 2.26. The molecule has 3 heterocycles.